The lowest BCUT2D eigenvalue weighted by atomic mass is 10.1. The van der Waals surface area contributed by atoms with Crippen LogP contribution in [0.3, 0.4) is 0 Å². The third kappa shape index (κ3) is 5.36. The number of nitrogens with one attached hydrogen (secondary N) is 1. The van der Waals surface area contributed by atoms with E-state index in [4.69, 9.17) is 16.3 Å². The maximum atomic E-state index is 13.2. The van der Waals surface area contributed by atoms with Gasteiger partial charge >= 0.3 is 5.97 Å². The number of nitro groups is 1. The van der Waals surface area contributed by atoms with E-state index in [2.05, 4.69) is 10.3 Å². The Morgan fingerprint density at radius 2 is 1.73 bits per heavy atom. The first-order valence-electron chi connectivity index (χ1n) is 10.9. The second-order valence-corrected chi connectivity index (χ2v) is 10.3. The van der Waals surface area contributed by atoms with Crippen LogP contribution in [-0.2, 0) is 9.53 Å². The lowest BCUT2D eigenvalue weighted by Crippen LogP contribution is -2.25. The SMILES string of the molecule is O=C(OC(C(=O)Nc1ccc([N+](=O)[O-])cc1Cl)c1ccccc1)c1ccc(-c2nc3ccccc3s2)s1. The monoisotopic (exact) mass is 549 g/mol. The Hall–Kier alpha value is -4.12. The van der Waals surface area contributed by atoms with Crippen molar-refractivity contribution >= 4 is 67.7 Å². The number of amides is 1. The minimum absolute atomic E-state index is 0.0144. The molecule has 0 aliphatic carbocycles. The van der Waals surface area contributed by atoms with Gasteiger partial charge in [0.05, 0.1) is 30.7 Å². The molecule has 0 aliphatic heterocycles. The second-order valence-electron chi connectivity index (χ2n) is 7.76. The molecule has 3 aromatic carbocycles. The van der Waals surface area contributed by atoms with Crippen molar-refractivity contribution in [2.24, 2.45) is 0 Å². The molecule has 0 bridgehead atoms. The van der Waals surface area contributed by atoms with Gasteiger partial charge in [0.25, 0.3) is 11.6 Å². The van der Waals surface area contributed by atoms with Crippen molar-refractivity contribution in [1.29, 1.82) is 0 Å². The standard InChI is InChI=1S/C26H16ClN3O5S2/c27-17-14-16(30(33)34)10-11-18(17)28-24(31)23(15-6-2-1-3-7-15)35-26(32)22-13-12-21(36-22)25-29-19-8-4-5-9-20(19)37-25/h1-14,23H,(H,28,31). The average molecular weight is 550 g/mol. The Labute approximate surface area is 223 Å². The molecule has 1 unspecified atom stereocenters. The first-order chi connectivity index (χ1) is 17.9. The zero-order valence-corrected chi connectivity index (χ0v) is 21.2. The van der Waals surface area contributed by atoms with Crippen molar-refractivity contribution in [3.05, 3.63) is 111 Å². The Morgan fingerprint density at radius 3 is 2.46 bits per heavy atom. The van der Waals surface area contributed by atoms with E-state index in [9.17, 15) is 19.7 Å². The van der Waals surface area contributed by atoms with Crippen molar-refractivity contribution in [2.75, 3.05) is 5.32 Å². The third-order valence-corrected chi connectivity index (χ3v) is 7.88. The third-order valence-electron chi connectivity index (χ3n) is 5.30. The molecule has 0 fully saturated rings. The second kappa shape index (κ2) is 10.5. The largest absolute Gasteiger partial charge is 0.443 e. The predicted molar refractivity (Wildman–Crippen MR) is 144 cm³/mol. The number of esters is 1. The van der Waals surface area contributed by atoms with Crippen molar-refractivity contribution in [3.8, 4) is 9.88 Å². The number of para-hydroxylation sites is 1. The molecule has 8 nitrogen and oxygen atoms in total. The number of anilines is 1. The maximum Gasteiger partial charge on any atom is 0.349 e. The van der Waals surface area contributed by atoms with Gasteiger partial charge in [0, 0.05) is 17.7 Å². The normalized spacial score (nSPS) is 11.7. The molecule has 11 heteroatoms. The maximum absolute atomic E-state index is 13.2. The first-order valence-corrected chi connectivity index (χ1v) is 12.9. The number of hydrogen-bond acceptors (Lipinski definition) is 8. The average Bonchev–Trinajstić information content (AvgIpc) is 3.56. The van der Waals surface area contributed by atoms with E-state index in [-0.39, 0.29) is 16.4 Å². The zero-order valence-electron chi connectivity index (χ0n) is 18.8. The van der Waals surface area contributed by atoms with Crippen molar-refractivity contribution < 1.29 is 19.2 Å². The molecular weight excluding hydrogens is 534 g/mol. The topological polar surface area (TPSA) is 111 Å². The Morgan fingerprint density at radius 1 is 0.973 bits per heavy atom. The van der Waals surface area contributed by atoms with Gasteiger partial charge in [0.2, 0.25) is 6.10 Å². The molecule has 184 valence electrons. The predicted octanol–water partition coefficient (Wildman–Crippen LogP) is 7.12. The fraction of sp³-hybridized carbons (Fsp3) is 0.0385. The number of aromatic nitrogens is 1. The molecule has 0 radical (unpaired) electrons. The number of nitro benzene ring substituents is 1. The van der Waals surface area contributed by atoms with Crippen LogP contribution < -0.4 is 5.32 Å². The summed E-state index contributed by atoms with van der Waals surface area (Å²) in [7, 11) is 0. The van der Waals surface area contributed by atoms with E-state index in [1.165, 1.54) is 34.8 Å². The number of carbonyl (C=O) groups is 2. The van der Waals surface area contributed by atoms with Crippen molar-refractivity contribution in [1.82, 2.24) is 4.98 Å². The van der Waals surface area contributed by atoms with Crippen LogP contribution in [0.15, 0.2) is 84.9 Å². The van der Waals surface area contributed by atoms with Crippen LogP contribution in [0.2, 0.25) is 5.02 Å². The number of carbonyl (C=O) groups excluding carboxylic acids is 2. The molecule has 37 heavy (non-hydrogen) atoms. The first kappa shape index (κ1) is 24.6. The molecule has 1 amide bonds. The summed E-state index contributed by atoms with van der Waals surface area (Å²) < 4.78 is 6.70. The molecule has 2 heterocycles. The number of ether oxygens (including phenoxy) is 1. The van der Waals surface area contributed by atoms with E-state index in [0.29, 0.717) is 10.4 Å². The molecule has 0 spiro atoms. The van der Waals surface area contributed by atoms with E-state index in [1.54, 1.807) is 42.5 Å². The number of halogens is 1. The fourth-order valence-electron chi connectivity index (χ4n) is 3.52. The summed E-state index contributed by atoms with van der Waals surface area (Å²) in [5.74, 6) is -1.32. The van der Waals surface area contributed by atoms with Crippen LogP contribution in [-0.4, -0.2) is 21.8 Å². The molecule has 2 aromatic heterocycles. The van der Waals surface area contributed by atoms with Crippen LogP contribution in [0, 0.1) is 10.1 Å². The Balaban J connectivity index is 1.38. The van der Waals surface area contributed by atoms with E-state index in [1.807, 2.05) is 24.3 Å². The van der Waals surface area contributed by atoms with Gasteiger partial charge in [-0.3, -0.25) is 14.9 Å². The molecule has 0 saturated carbocycles. The smallest absolute Gasteiger partial charge is 0.349 e. The number of rotatable bonds is 7. The lowest BCUT2D eigenvalue weighted by Gasteiger charge is -2.18. The highest BCUT2D eigenvalue weighted by Crippen LogP contribution is 2.35. The van der Waals surface area contributed by atoms with Gasteiger partial charge in [0.15, 0.2) is 0 Å². The number of hydrogen-bond donors (Lipinski definition) is 1. The van der Waals surface area contributed by atoms with Crippen LogP contribution in [0.1, 0.15) is 21.3 Å². The molecule has 5 aromatic rings. The quantitative estimate of drug-likeness (QED) is 0.131. The molecule has 0 aliphatic rings. The minimum Gasteiger partial charge on any atom is -0.443 e. The molecule has 0 saturated heterocycles. The fourth-order valence-corrected chi connectivity index (χ4v) is 5.65. The van der Waals surface area contributed by atoms with Crippen molar-refractivity contribution in [3.63, 3.8) is 0 Å². The number of nitrogens with zero attached hydrogens (tertiary/aromatic N) is 2. The summed E-state index contributed by atoms with van der Waals surface area (Å²) in [6.45, 7) is 0. The van der Waals surface area contributed by atoms with Crippen LogP contribution >= 0.6 is 34.3 Å². The summed E-state index contributed by atoms with van der Waals surface area (Å²) in [5, 5.41) is 14.3. The number of fused-ring (bicyclic) bond motifs is 1. The van der Waals surface area contributed by atoms with Gasteiger partial charge in [-0.05, 0) is 30.3 Å². The van der Waals surface area contributed by atoms with Gasteiger partial charge in [-0.1, -0.05) is 54.1 Å². The van der Waals surface area contributed by atoms with Gasteiger partial charge in [0.1, 0.15) is 9.88 Å². The number of benzene rings is 3. The minimum atomic E-state index is -1.28. The van der Waals surface area contributed by atoms with Crippen molar-refractivity contribution in [2.45, 2.75) is 6.10 Å². The van der Waals surface area contributed by atoms with Crippen LogP contribution in [0.5, 0.6) is 0 Å². The molecule has 5 rings (SSSR count). The zero-order chi connectivity index (χ0) is 25.9. The highest BCUT2D eigenvalue weighted by atomic mass is 35.5. The number of thiophene rings is 1. The Bertz CT molecular complexity index is 1600. The summed E-state index contributed by atoms with van der Waals surface area (Å²) in [6, 6.07) is 23.4. The van der Waals surface area contributed by atoms with Gasteiger partial charge < -0.3 is 10.1 Å². The van der Waals surface area contributed by atoms with Crippen LogP contribution in [0.25, 0.3) is 20.1 Å². The highest BCUT2D eigenvalue weighted by molar-refractivity contribution is 7.26. The molecule has 1 N–H and O–H groups in total. The van der Waals surface area contributed by atoms with E-state index in [0.717, 1.165) is 26.2 Å². The highest BCUT2D eigenvalue weighted by Gasteiger charge is 2.27. The summed E-state index contributed by atoms with van der Waals surface area (Å²) in [5.41, 5.74) is 1.28. The van der Waals surface area contributed by atoms with E-state index < -0.39 is 22.9 Å². The Kier molecular flexibility index (Phi) is 6.95. The van der Waals surface area contributed by atoms with Gasteiger partial charge in [-0.2, -0.15) is 0 Å². The summed E-state index contributed by atoms with van der Waals surface area (Å²) in [4.78, 5) is 42.4. The van der Waals surface area contributed by atoms with Gasteiger partial charge in [-0.15, -0.1) is 22.7 Å². The number of thiazole rings is 1. The van der Waals surface area contributed by atoms with E-state index >= 15 is 0 Å². The summed E-state index contributed by atoms with van der Waals surface area (Å²) >= 11 is 8.88. The number of non-ortho nitro benzene ring substituents is 1. The van der Waals surface area contributed by atoms with Gasteiger partial charge in [-0.25, -0.2) is 9.78 Å². The molecule has 1 atom stereocenters. The summed E-state index contributed by atoms with van der Waals surface area (Å²) in [6.07, 6.45) is -1.28. The molecular formula is C26H16ClN3O5S2. The van der Waals surface area contributed by atoms with Crippen LogP contribution in [0.4, 0.5) is 11.4 Å². The lowest BCUT2D eigenvalue weighted by molar-refractivity contribution is -0.384.